The summed E-state index contributed by atoms with van der Waals surface area (Å²) in [6, 6.07) is 4.91. The summed E-state index contributed by atoms with van der Waals surface area (Å²) in [5, 5.41) is 0. The van der Waals surface area contributed by atoms with Gasteiger partial charge in [-0.1, -0.05) is 13.3 Å². The molecule has 0 saturated heterocycles. The minimum atomic E-state index is -3.36. The van der Waals surface area contributed by atoms with Gasteiger partial charge in [0.25, 0.3) is 0 Å². The van der Waals surface area contributed by atoms with Gasteiger partial charge in [0, 0.05) is 5.56 Å². The second-order valence-corrected chi connectivity index (χ2v) is 6.84. The van der Waals surface area contributed by atoms with Crippen molar-refractivity contribution in [3.05, 3.63) is 23.8 Å². The number of sulfonamides is 1. The van der Waals surface area contributed by atoms with Crippen LogP contribution in [0, 0.1) is 0 Å². The van der Waals surface area contributed by atoms with E-state index >= 15 is 0 Å². The van der Waals surface area contributed by atoms with Crippen LogP contribution in [0.5, 0.6) is 5.75 Å². The third-order valence-corrected chi connectivity index (χ3v) is 5.13. The van der Waals surface area contributed by atoms with E-state index in [0.29, 0.717) is 36.6 Å². The van der Waals surface area contributed by atoms with Crippen molar-refractivity contribution in [3.8, 4) is 5.75 Å². The fourth-order valence-electron chi connectivity index (χ4n) is 2.14. The van der Waals surface area contributed by atoms with Crippen LogP contribution in [0.4, 0.5) is 5.69 Å². The lowest BCUT2D eigenvalue weighted by Crippen LogP contribution is -2.39. The highest BCUT2D eigenvalue weighted by Crippen LogP contribution is 2.34. The Morgan fingerprint density at radius 1 is 1.40 bits per heavy atom. The molecular formula is C14H19NO4S. The van der Waals surface area contributed by atoms with Crippen LogP contribution in [0.25, 0.3) is 0 Å². The third kappa shape index (κ3) is 2.95. The van der Waals surface area contributed by atoms with Gasteiger partial charge in [0.1, 0.15) is 12.4 Å². The van der Waals surface area contributed by atoms with Crippen molar-refractivity contribution in [2.24, 2.45) is 0 Å². The molecule has 0 amide bonds. The van der Waals surface area contributed by atoms with Gasteiger partial charge in [-0.15, -0.1) is 0 Å². The molecular weight excluding hydrogens is 278 g/mol. The first kappa shape index (κ1) is 14.8. The Bertz CT molecular complexity index is 610. The number of carbonyl (C=O) groups excluding carboxylic acids is 1. The van der Waals surface area contributed by atoms with Crippen LogP contribution >= 0.6 is 0 Å². The Morgan fingerprint density at radius 2 is 2.15 bits per heavy atom. The van der Waals surface area contributed by atoms with E-state index in [0.717, 1.165) is 6.42 Å². The average molecular weight is 297 g/mol. The maximum absolute atomic E-state index is 12.4. The van der Waals surface area contributed by atoms with Crippen molar-refractivity contribution in [1.29, 1.82) is 0 Å². The number of carbonyl (C=O) groups is 1. The summed E-state index contributed by atoms with van der Waals surface area (Å²) in [5.41, 5.74) is 0.963. The lowest BCUT2D eigenvalue weighted by atomic mass is 10.1. The first-order valence-electron chi connectivity index (χ1n) is 6.74. The third-order valence-electron chi connectivity index (χ3n) is 3.28. The summed E-state index contributed by atoms with van der Waals surface area (Å²) >= 11 is 0. The number of Topliss-reactive ketones (excluding diaryl/α,β-unsaturated/α-hetero) is 1. The Balaban J connectivity index is 2.40. The number of nitrogens with zero attached hydrogens (tertiary/aromatic N) is 1. The molecule has 0 saturated carbocycles. The first-order chi connectivity index (χ1) is 9.45. The summed E-state index contributed by atoms with van der Waals surface area (Å²) < 4.78 is 31.6. The van der Waals surface area contributed by atoms with Crippen molar-refractivity contribution in [2.45, 2.75) is 26.7 Å². The molecule has 1 aromatic carbocycles. The van der Waals surface area contributed by atoms with Crippen molar-refractivity contribution in [2.75, 3.05) is 23.2 Å². The van der Waals surface area contributed by atoms with E-state index in [1.54, 1.807) is 18.2 Å². The number of rotatable bonds is 5. The second-order valence-electron chi connectivity index (χ2n) is 4.83. The molecule has 1 aromatic rings. The SMILES string of the molecule is CCCCS(=O)(=O)N1CCOc2ccc(C(C)=O)cc21. The zero-order valence-corrected chi connectivity index (χ0v) is 12.6. The van der Waals surface area contributed by atoms with Gasteiger partial charge < -0.3 is 4.74 Å². The molecule has 0 N–H and O–H groups in total. The predicted molar refractivity (Wildman–Crippen MR) is 78.0 cm³/mol. The Labute approximate surface area is 119 Å². The molecule has 0 unspecified atom stereocenters. The maximum atomic E-state index is 12.4. The highest BCUT2D eigenvalue weighted by molar-refractivity contribution is 7.92. The van der Waals surface area contributed by atoms with E-state index in [9.17, 15) is 13.2 Å². The van der Waals surface area contributed by atoms with Crippen LogP contribution in [0.2, 0.25) is 0 Å². The fourth-order valence-corrected chi connectivity index (χ4v) is 3.81. The van der Waals surface area contributed by atoms with E-state index in [2.05, 4.69) is 0 Å². The van der Waals surface area contributed by atoms with Gasteiger partial charge in [-0.3, -0.25) is 9.10 Å². The standard InChI is InChI=1S/C14H19NO4S/c1-3-4-9-20(17,18)15-7-8-19-14-6-5-12(11(2)16)10-13(14)15/h5-6,10H,3-4,7-9H2,1-2H3. The van der Waals surface area contributed by atoms with Crippen molar-refractivity contribution in [3.63, 3.8) is 0 Å². The number of unbranched alkanes of at least 4 members (excludes halogenated alkanes) is 1. The van der Waals surface area contributed by atoms with Gasteiger partial charge in [0.2, 0.25) is 10.0 Å². The number of hydrogen-bond acceptors (Lipinski definition) is 4. The van der Waals surface area contributed by atoms with E-state index in [-0.39, 0.29) is 11.5 Å². The highest BCUT2D eigenvalue weighted by atomic mass is 32.2. The van der Waals surface area contributed by atoms with Crippen molar-refractivity contribution < 1.29 is 17.9 Å². The minimum absolute atomic E-state index is 0.0933. The quantitative estimate of drug-likeness (QED) is 0.782. The average Bonchev–Trinajstić information content (AvgIpc) is 2.43. The molecule has 1 aliphatic heterocycles. The molecule has 20 heavy (non-hydrogen) atoms. The summed E-state index contributed by atoms with van der Waals surface area (Å²) in [7, 11) is -3.36. The molecule has 1 heterocycles. The number of ketones is 1. The number of anilines is 1. The maximum Gasteiger partial charge on any atom is 0.235 e. The normalized spacial score (nSPS) is 14.6. The topological polar surface area (TPSA) is 63.7 Å². The van der Waals surface area contributed by atoms with Gasteiger partial charge in [0.15, 0.2) is 5.78 Å². The van der Waals surface area contributed by atoms with Gasteiger partial charge in [-0.05, 0) is 31.5 Å². The molecule has 0 bridgehead atoms. The fraction of sp³-hybridized carbons (Fsp3) is 0.500. The predicted octanol–water partition coefficient (Wildman–Crippen LogP) is 2.22. The molecule has 6 heteroatoms. The minimum Gasteiger partial charge on any atom is -0.489 e. The Hall–Kier alpha value is -1.56. The molecule has 0 radical (unpaired) electrons. The smallest absolute Gasteiger partial charge is 0.235 e. The highest BCUT2D eigenvalue weighted by Gasteiger charge is 2.28. The van der Waals surface area contributed by atoms with E-state index in [1.165, 1.54) is 11.2 Å². The zero-order valence-electron chi connectivity index (χ0n) is 11.8. The molecule has 0 aromatic heterocycles. The van der Waals surface area contributed by atoms with E-state index in [1.807, 2.05) is 6.92 Å². The summed E-state index contributed by atoms with van der Waals surface area (Å²) in [4.78, 5) is 11.5. The number of benzene rings is 1. The molecule has 0 fully saturated rings. The van der Waals surface area contributed by atoms with Crippen LogP contribution in [0.15, 0.2) is 18.2 Å². The number of fused-ring (bicyclic) bond motifs is 1. The zero-order chi connectivity index (χ0) is 14.8. The van der Waals surface area contributed by atoms with Gasteiger partial charge >= 0.3 is 0 Å². The largest absolute Gasteiger partial charge is 0.489 e. The van der Waals surface area contributed by atoms with E-state index < -0.39 is 10.0 Å². The van der Waals surface area contributed by atoms with Crippen LogP contribution < -0.4 is 9.04 Å². The summed E-state index contributed by atoms with van der Waals surface area (Å²) in [6.07, 6.45) is 1.45. The molecule has 1 aliphatic rings. The van der Waals surface area contributed by atoms with Gasteiger partial charge in [0.05, 0.1) is 18.0 Å². The number of ether oxygens (including phenoxy) is 1. The molecule has 0 spiro atoms. The Morgan fingerprint density at radius 3 is 2.80 bits per heavy atom. The van der Waals surface area contributed by atoms with Gasteiger partial charge in [-0.25, -0.2) is 8.42 Å². The van der Waals surface area contributed by atoms with Crippen LogP contribution in [-0.2, 0) is 10.0 Å². The van der Waals surface area contributed by atoms with Crippen LogP contribution in [0.3, 0.4) is 0 Å². The molecule has 0 aliphatic carbocycles. The summed E-state index contributed by atoms with van der Waals surface area (Å²) in [6.45, 7) is 4.04. The lowest BCUT2D eigenvalue weighted by Gasteiger charge is -2.30. The molecule has 110 valence electrons. The monoisotopic (exact) mass is 297 g/mol. The molecule has 5 nitrogen and oxygen atoms in total. The molecule has 2 rings (SSSR count). The van der Waals surface area contributed by atoms with Crippen molar-refractivity contribution in [1.82, 2.24) is 0 Å². The van der Waals surface area contributed by atoms with Crippen LogP contribution in [-0.4, -0.2) is 33.1 Å². The molecule has 0 atom stereocenters. The van der Waals surface area contributed by atoms with Gasteiger partial charge in [-0.2, -0.15) is 0 Å². The second kappa shape index (κ2) is 5.83. The van der Waals surface area contributed by atoms with Crippen LogP contribution in [0.1, 0.15) is 37.0 Å². The van der Waals surface area contributed by atoms with E-state index in [4.69, 9.17) is 4.74 Å². The first-order valence-corrected chi connectivity index (χ1v) is 8.35. The lowest BCUT2D eigenvalue weighted by molar-refractivity contribution is 0.101. The number of hydrogen-bond donors (Lipinski definition) is 0. The summed E-state index contributed by atoms with van der Waals surface area (Å²) in [5.74, 6) is 0.540. The van der Waals surface area contributed by atoms with Crippen molar-refractivity contribution >= 4 is 21.5 Å². The Kier molecular flexibility index (Phi) is 4.32.